The molecular formula is C14H18N4O2. The van der Waals surface area contributed by atoms with E-state index in [1.54, 1.807) is 0 Å². The van der Waals surface area contributed by atoms with Gasteiger partial charge in [0.05, 0.1) is 24.5 Å². The molecule has 1 aromatic heterocycles. The van der Waals surface area contributed by atoms with Crippen molar-refractivity contribution in [2.75, 3.05) is 12.3 Å². The lowest BCUT2D eigenvalue weighted by atomic mass is 10.1. The smallest absolute Gasteiger partial charge is 0.272 e. The van der Waals surface area contributed by atoms with Crippen LogP contribution < -0.4 is 11.1 Å². The van der Waals surface area contributed by atoms with Gasteiger partial charge >= 0.3 is 0 Å². The molecule has 2 aromatic rings. The van der Waals surface area contributed by atoms with Crippen LogP contribution in [0.4, 0.5) is 5.69 Å². The zero-order chi connectivity index (χ0) is 14.5. The first kappa shape index (κ1) is 14.1. The van der Waals surface area contributed by atoms with Gasteiger partial charge in [0, 0.05) is 6.54 Å². The van der Waals surface area contributed by atoms with Crippen LogP contribution in [0.25, 0.3) is 0 Å². The predicted octanol–water partition coefficient (Wildman–Crippen LogP) is 0.949. The van der Waals surface area contributed by atoms with Gasteiger partial charge < -0.3 is 16.2 Å². The SMILES string of the molecule is CCn1ncc(N)c1C(=O)N[C@H](CO)c1ccccc1. The number of hydrogen-bond donors (Lipinski definition) is 3. The fraction of sp³-hybridized carbons (Fsp3) is 0.286. The third-order valence-electron chi connectivity index (χ3n) is 3.07. The third kappa shape index (κ3) is 2.80. The molecule has 106 valence electrons. The lowest BCUT2D eigenvalue weighted by Gasteiger charge is -2.17. The molecule has 0 aliphatic rings. The Bertz CT molecular complexity index is 580. The molecule has 0 saturated carbocycles. The monoisotopic (exact) mass is 274 g/mol. The number of nitrogens with one attached hydrogen (secondary N) is 1. The first-order valence-electron chi connectivity index (χ1n) is 6.45. The molecule has 0 radical (unpaired) electrons. The summed E-state index contributed by atoms with van der Waals surface area (Å²) < 4.78 is 1.53. The Kier molecular flexibility index (Phi) is 4.37. The summed E-state index contributed by atoms with van der Waals surface area (Å²) in [6.45, 7) is 2.24. The van der Waals surface area contributed by atoms with Crippen LogP contribution in [0.3, 0.4) is 0 Å². The topological polar surface area (TPSA) is 93.2 Å². The number of hydrogen-bond acceptors (Lipinski definition) is 4. The van der Waals surface area contributed by atoms with Crippen LogP contribution >= 0.6 is 0 Å². The van der Waals surface area contributed by atoms with E-state index in [9.17, 15) is 9.90 Å². The average molecular weight is 274 g/mol. The van der Waals surface area contributed by atoms with Crippen molar-refractivity contribution < 1.29 is 9.90 Å². The number of aryl methyl sites for hydroxylation is 1. The van der Waals surface area contributed by atoms with E-state index in [1.165, 1.54) is 10.9 Å². The Morgan fingerprint density at radius 2 is 2.15 bits per heavy atom. The molecule has 0 aliphatic carbocycles. The number of nitrogens with zero attached hydrogens (tertiary/aromatic N) is 2. The Hall–Kier alpha value is -2.34. The quantitative estimate of drug-likeness (QED) is 0.756. The third-order valence-corrected chi connectivity index (χ3v) is 3.07. The summed E-state index contributed by atoms with van der Waals surface area (Å²) in [6, 6.07) is 8.82. The molecule has 2 rings (SSSR count). The number of nitrogen functional groups attached to an aromatic ring is 1. The fourth-order valence-electron chi connectivity index (χ4n) is 2.03. The summed E-state index contributed by atoms with van der Waals surface area (Å²) in [7, 11) is 0. The Balaban J connectivity index is 2.20. The Labute approximate surface area is 117 Å². The number of nitrogens with two attached hydrogens (primary N) is 1. The molecule has 0 saturated heterocycles. The second kappa shape index (κ2) is 6.21. The molecule has 0 bridgehead atoms. The van der Waals surface area contributed by atoms with Crippen molar-refractivity contribution in [2.45, 2.75) is 19.5 Å². The molecule has 0 fully saturated rings. The number of aromatic nitrogens is 2. The summed E-state index contributed by atoms with van der Waals surface area (Å²) in [5.41, 5.74) is 7.25. The van der Waals surface area contributed by atoms with E-state index in [2.05, 4.69) is 10.4 Å². The normalized spacial score (nSPS) is 12.1. The van der Waals surface area contributed by atoms with Gasteiger partial charge in [0.2, 0.25) is 0 Å². The molecule has 1 aromatic carbocycles. The Morgan fingerprint density at radius 1 is 1.45 bits per heavy atom. The number of amides is 1. The van der Waals surface area contributed by atoms with E-state index in [-0.39, 0.29) is 12.5 Å². The van der Waals surface area contributed by atoms with Crippen LogP contribution in [0.5, 0.6) is 0 Å². The van der Waals surface area contributed by atoms with E-state index >= 15 is 0 Å². The maximum absolute atomic E-state index is 12.3. The Morgan fingerprint density at radius 3 is 2.75 bits per heavy atom. The number of anilines is 1. The van der Waals surface area contributed by atoms with Gasteiger partial charge in [-0.2, -0.15) is 5.10 Å². The molecule has 1 heterocycles. The van der Waals surface area contributed by atoms with Crippen molar-refractivity contribution in [3.05, 3.63) is 47.8 Å². The maximum Gasteiger partial charge on any atom is 0.272 e. The van der Waals surface area contributed by atoms with Crippen molar-refractivity contribution in [3.63, 3.8) is 0 Å². The van der Waals surface area contributed by atoms with Crippen molar-refractivity contribution >= 4 is 11.6 Å². The summed E-state index contributed by atoms with van der Waals surface area (Å²) in [6.07, 6.45) is 1.45. The molecule has 6 heteroatoms. The first-order valence-corrected chi connectivity index (χ1v) is 6.45. The van der Waals surface area contributed by atoms with Crippen molar-refractivity contribution in [1.82, 2.24) is 15.1 Å². The minimum absolute atomic E-state index is 0.185. The average Bonchev–Trinajstić information content (AvgIpc) is 2.86. The van der Waals surface area contributed by atoms with Crippen LogP contribution in [0, 0.1) is 0 Å². The number of carbonyl (C=O) groups is 1. The number of benzene rings is 1. The molecule has 6 nitrogen and oxygen atoms in total. The van der Waals surface area contributed by atoms with Gasteiger partial charge in [-0.3, -0.25) is 9.48 Å². The largest absolute Gasteiger partial charge is 0.396 e. The molecule has 0 aliphatic heterocycles. The zero-order valence-corrected chi connectivity index (χ0v) is 11.3. The highest BCUT2D eigenvalue weighted by Gasteiger charge is 2.20. The highest BCUT2D eigenvalue weighted by atomic mass is 16.3. The predicted molar refractivity (Wildman–Crippen MR) is 76.0 cm³/mol. The summed E-state index contributed by atoms with van der Waals surface area (Å²) in [5.74, 6) is -0.343. The van der Waals surface area contributed by atoms with Gasteiger partial charge in [-0.25, -0.2) is 0 Å². The van der Waals surface area contributed by atoms with E-state index in [1.807, 2.05) is 37.3 Å². The van der Waals surface area contributed by atoms with Crippen LogP contribution in [-0.4, -0.2) is 27.4 Å². The van der Waals surface area contributed by atoms with Gasteiger partial charge in [-0.15, -0.1) is 0 Å². The van der Waals surface area contributed by atoms with Gasteiger partial charge in [-0.05, 0) is 12.5 Å². The molecule has 0 unspecified atom stereocenters. The molecular weight excluding hydrogens is 256 g/mol. The fourth-order valence-corrected chi connectivity index (χ4v) is 2.03. The van der Waals surface area contributed by atoms with Crippen LogP contribution in [0.2, 0.25) is 0 Å². The first-order chi connectivity index (χ1) is 9.67. The zero-order valence-electron chi connectivity index (χ0n) is 11.3. The van der Waals surface area contributed by atoms with Gasteiger partial charge in [0.25, 0.3) is 5.91 Å². The number of rotatable bonds is 5. The van der Waals surface area contributed by atoms with Crippen LogP contribution in [0.15, 0.2) is 36.5 Å². The summed E-state index contributed by atoms with van der Waals surface area (Å²) in [5, 5.41) is 16.3. The number of aliphatic hydroxyl groups is 1. The van der Waals surface area contributed by atoms with E-state index in [0.29, 0.717) is 17.9 Å². The summed E-state index contributed by atoms with van der Waals surface area (Å²) >= 11 is 0. The van der Waals surface area contributed by atoms with Crippen molar-refractivity contribution in [2.24, 2.45) is 0 Å². The molecule has 4 N–H and O–H groups in total. The van der Waals surface area contributed by atoms with Crippen molar-refractivity contribution in [1.29, 1.82) is 0 Å². The van der Waals surface area contributed by atoms with Gasteiger partial charge in [0.1, 0.15) is 5.69 Å². The maximum atomic E-state index is 12.3. The second-order valence-corrected chi connectivity index (χ2v) is 4.38. The van der Waals surface area contributed by atoms with Crippen LogP contribution in [0.1, 0.15) is 29.0 Å². The van der Waals surface area contributed by atoms with E-state index in [0.717, 1.165) is 5.56 Å². The van der Waals surface area contributed by atoms with E-state index < -0.39 is 6.04 Å². The highest BCUT2D eigenvalue weighted by molar-refractivity contribution is 5.97. The lowest BCUT2D eigenvalue weighted by molar-refractivity contribution is 0.0906. The van der Waals surface area contributed by atoms with Gasteiger partial charge in [-0.1, -0.05) is 30.3 Å². The van der Waals surface area contributed by atoms with E-state index in [4.69, 9.17) is 5.73 Å². The molecule has 20 heavy (non-hydrogen) atoms. The minimum atomic E-state index is -0.469. The highest BCUT2D eigenvalue weighted by Crippen LogP contribution is 2.15. The molecule has 1 amide bonds. The second-order valence-electron chi connectivity index (χ2n) is 4.38. The standard InChI is InChI=1S/C14H18N4O2/c1-2-18-13(11(15)8-16-18)14(20)17-12(9-19)10-6-4-3-5-7-10/h3-8,12,19H,2,9,15H2,1H3,(H,17,20)/t12-/m1/s1. The molecule has 0 spiro atoms. The van der Waals surface area contributed by atoms with Crippen LogP contribution in [-0.2, 0) is 6.54 Å². The molecule has 1 atom stereocenters. The van der Waals surface area contributed by atoms with Crippen molar-refractivity contribution in [3.8, 4) is 0 Å². The minimum Gasteiger partial charge on any atom is -0.396 e. The number of carbonyl (C=O) groups excluding carboxylic acids is 1. The number of aliphatic hydroxyl groups excluding tert-OH is 1. The van der Waals surface area contributed by atoms with Gasteiger partial charge in [0.15, 0.2) is 0 Å². The summed E-state index contributed by atoms with van der Waals surface area (Å²) in [4.78, 5) is 12.3. The lowest BCUT2D eigenvalue weighted by Crippen LogP contribution is -2.32.